The van der Waals surface area contributed by atoms with Crippen LogP contribution in [-0.2, 0) is 22.6 Å². The number of benzene rings is 2. The molecule has 1 aliphatic heterocycles. The van der Waals surface area contributed by atoms with Crippen LogP contribution < -0.4 is 20.1 Å². The highest BCUT2D eigenvalue weighted by molar-refractivity contribution is 5.91. The number of ether oxygens (including phenoxy) is 2. The number of tetrazole rings is 1. The number of likely N-dealkylation sites (N-methyl/N-ethyl adjacent to an activating group) is 1. The smallest absolute Gasteiger partial charge is 0.321 e. The number of carbonyl (C=O) groups excluding carboxylic acids is 3. The van der Waals surface area contributed by atoms with Crippen LogP contribution in [-0.4, -0.2) is 99.0 Å². The van der Waals surface area contributed by atoms with E-state index in [0.29, 0.717) is 35.0 Å². The Morgan fingerprint density at radius 2 is 1.93 bits per heavy atom. The Morgan fingerprint density at radius 3 is 2.60 bits per heavy atom. The zero-order valence-electron chi connectivity index (χ0n) is 24.1. The second-order valence-electron chi connectivity index (χ2n) is 10.3. The molecule has 0 fully saturated rings. The molecular weight excluding hydrogens is 544 g/mol. The molecule has 0 saturated carbocycles. The predicted molar refractivity (Wildman–Crippen MR) is 153 cm³/mol. The lowest BCUT2D eigenvalue weighted by Gasteiger charge is -2.34. The van der Waals surface area contributed by atoms with Crippen molar-refractivity contribution in [3.63, 3.8) is 0 Å². The van der Waals surface area contributed by atoms with Crippen molar-refractivity contribution in [1.82, 2.24) is 30.0 Å². The van der Waals surface area contributed by atoms with E-state index in [1.165, 1.54) is 15.9 Å². The van der Waals surface area contributed by atoms with E-state index < -0.39 is 12.1 Å². The Balaban J connectivity index is 1.54. The molecule has 0 bridgehead atoms. The number of hydrogen-bond acceptors (Lipinski definition) is 9. The zero-order valence-corrected chi connectivity index (χ0v) is 24.1. The van der Waals surface area contributed by atoms with E-state index in [1.807, 2.05) is 6.92 Å². The molecule has 2 aromatic carbocycles. The summed E-state index contributed by atoms with van der Waals surface area (Å²) in [5.41, 5.74) is 1.66. The first-order valence-electron chi connectivity index (χ1n) is 13.5. The van der Waals surface area contributed by atoms with E-state index in [-0.39, 0.29) is 49.9 Å². The minimum absolute atomic E-state index is 0.00359. The Kier molecular flexibility index (Phi) is 9.91. The van der Waals surface area contributed by atoms with Gasteiger partial charge >= 0.3 is 6.03 Å². The monoisotopic (exact) mass is 580 g/mol. The van der Waals surface area contributed by atoms with Crippen molar-refractivity contribution in [2.45, 2.75) is 39.0 Å². The van der Waals surface area contributed by atoms with Crippen molar-refractivity contribution < 1.29 is 29.0 Å². The summed E-state index contributed by atoms with van der Waals surface area (Å²) in [5, 5.41) is 26.3. The van der Waals surface area contributed by atoms with E-state index in [0.717, 1.165) is 0 Å². The summed E-state index contributed by atoms with van der Waals surface area (Å²) in [4.78, 5) is 42.1. The van der Waals surface area contributed by atoms with Crippen LogP contribution in [0.3, 0.4) is 0 Å². The number of methoxy groups -OCH3 is 1. The van der Waals surface area contributed by atoms with E-state index in [2.05, 4.69) is 26.2 Å². The van der Waals surface area contributed by atoms with Crippen molar-refractivity contribution >= 4 is 29.2 Å². The van der Waals surface area contributed by atoms with Gasteiger partial charge in [0, 0.05) is 36.4 Å². The minimum atomic E-state index is -0.491. The molecule has 42 heavy (non-hydrogen) atoms. The van der Waals surface area contributed by atoms with Crippen molar-refractivity contribution in [3.05, 3.63) is 54.4 Å². The zero-order chi connectivity index (χ0) is 30.2. The van der Waals surface area contributed by atoms with Gasteiger partial charge < -0.3 is 35.0 Å². The Labute approximate surface area is 243 Å². The normalized spacial score (nSPS) is 17.5. The maximum absolute atomic E-state index is 13.4. The number of amides is 4. The molecular formula is C28H36N8O6. The van der Waals surface area contributed by atoms with Crippen LogP contribution in [0.1, 0.15) is 19.4 Å². The second-order valence-corrected chi connectivity index (χ2v) is 10.3. The van der Waals surface area contributed by atoms with Crippen LogP contribution in [0.25, 0.3) is 0 Å². The number of urea groups is 1. The highest BCUT2D eigenvalue weighted by Gasteiger charge is 2.32. The van der Waals surface area contributed by atoms with Gasteiger partial charge in [0.1, 0.15) is 30.5 Å². The maximum atomic E-state index is 13.4. The molecule has 224 valence electrons. The van der Waals surface area contributed by atoms with Gasteiger partial charge in [0.05, 0.1) is 32.7 Å². The fourth-order valence-electron chi connectivity index (χ4n) is 4.57. The third-order valence-electron chi connectivity index (χ3n) is 7.04. The third kappa shape index (κ3) is 7.72. The van der Waals surface area contributed by atoms with Gasteiger partial charge in [0.25, 0.3) is 0 Å². The molecule has 3 aromatic rings. The molecule has 1 aliphatic rings. The number of anilines is 2. The highest BCUT2D eigenvalue weighted by atomic mass is 16.5. The van der Waals surface area contributed by atoms with Crippen LogP contribution in [0.15, 0.2) is 48.8 Å². The predicted octanol–water partition coefficient (Wildman–Crippen LogP) is 1.63. The lowest BCUT2D eigenvalue weighted by molar-refractivity contribution is -0.134. The van der Waals surface area contributed by atoms with E-state index in [9.17, 15) is 19.5 Å². The second kappa shape index (κ2) is 13.8. The van der Waals surface area contributed by atoms with Gasteiger partial charge in [-0.05, 0) is 59.8 Å². The molecule has 4 amide bonds. The minimum Gasteiger partial charge on any atom is -0.497 e. The molecule has 14 heteroatoms. The number of nitrogens with one attached hydrogen (secondary N) is 2. The summed E-state index contributed by atoms with van der Waals surface area (Å²) in [7, 11) is 3.24. The summed E-state index contributed by atoms with van der Waals surface area (Å²) in [6, 6.07) is 11.4. The van der Waals surface area contributed by atoms with E-state index in [1.54, 1.807) is 68.4 Å². The van der Waals surface area contributed by atoms with Gasteiger partial charge in [-0.1, -0.05) is 6.92 Å². The summed E-state index contributed by atoms with van der Waals surface area (Å²) in [6.07, 6.45) is 0.849. The number of hydrogen-bond donors (Lipinski definition) is 3. The van der Waals surface area contributed by atoms with Gasteiger partial charge in [-0.3, -0.25) is 9.59 Å². The first-order valence-corrected chi connectivity index (χ1v) is 13.5. The molecule has 0 unspecified atom stereocenters. The van der Waals surface area contributed by atoms with Crippen molar-refractivity contribution in [3.8, 4) is 11.5 Å². The molecule has 3 N–H and O–H groups in total. The lowest BCUT2D eigenvalue weighted by atomic mass is 10.0. The SMILES string of the molecule is COc1ccc(NC(=O)N(C)C[C@@H]2Oc3ccc(NC(=O)Cn4cnnn4)cc3CC(=O)N([C@H](C)CO)C[C@H]2C)cc1. The molecule has 3 atom stereocenters. The molecule has 14 nitrogen and oxygen atoms in total. The Morgan fingerprint density at radius 1 is 1.19 bits per heavy atom. The van der Waals surface area contributed by atoms with Crippen molar-refractivity contribution in [2.24, 2.45) is 5.92 Å². The standard InChI is InChI=1S/C28H36N8O6/c1-18-13-36(19(2)16-37)27(39)12-20-11-22(30-26(38)15-35-17-29-32-33-35)7-10-24(20)42-25(18)14-34(3)28(40)31-21-5-8-23(41-4)9-6-21/h5-11,17-19,25,37H,12-16H2,1-4H3,(H,30,38)(H,31,40)/t18-,19-,25+/m1/s1. The van der Waals surface area contributed by atoms with Crippen molar-refractivity contribution in [1.29, 1.82) is 0 Å². The Bertz CT molecular complexity index is 1370. The van der Waals surface area contributed by atoms with Crippen LogP contribution in [0.2, 0.25) is 0 Å². The van der Waals surface area contributed by atoms with Crippen LogP contribution in [0.5, 0.6) is 11.5 Å². The quantitative estimate of drug-likeness (QED) is 0.341. The third-order valence-corrected chi connectivity index (χ3v) is 7.04. The fourth-order valence-corrected chi connectivity index (χ4v) is 4.57. The highest BCUT2D eigenvalue weighted by Crippen LogP contribution is 2.29. The van der Waals surface area contributed by atoms with Crippen LogP contribution >= 0.6 is 0 Å². The number of fused-ring (bicyclic) bond motifs is 1. The molecule has 4 rings (SSSR count). The van der Waals surface area contributed by atoms with Gasteiger partial charge in [0.2, 0.25) is 11.8 Å². The number of aliphatic hydroxyl groups excluding tert-OH is 1. The molecule has 0 radical (unpaired) electrons. The van der Waals surface area contributed by atoms with E-state index in [4.69, 9.17) is 9.47 Å². The number of rotatable bonds is 9. The number of aromatic nitrogens is 4. The molecule has 2 heterocycles. The van der Waals surface area contributed by atoms with Crippen LogP contribution in [0.4, 0.5) is 16.2 Å². The molecule has 1 aromatic heterocycles. The maximum Gasteiger partial charge on any atom is 0.321 e. The summed E-state index contributed by atoms with van der Waals surface area (Å²) >= 11 is 0. The van der Waals surface area contributed by atoms with Gasteiger partial charge in [-0.2, -0.15) is 0 Å². The Hall–Kier alpha value is -4.72. The average molecular weight is 581 g/mol. The average Bonchev–Trinajstić information content (AvgIpc) is 3.49. The largest absolute Gasteiger partial charge is 0.497 e. The van der Waals surface area contributed by atoms with Gasteiger partial charge in [-0.15, -0.1) is 5.10 Å². The van der Waals surface area contributed by atoms with Gasteiger partial charge in [-0.25, -0.2) is 9.48 Å². The van der Waals surface area contributed by atoms with Gasteiger partial charge in [0.15, 0.2) is 0 Å². The summed E-state index contributed by atoms with van der Waals surface area (Å²) in [6.45, 7) is 4.00. The fraction of sp³-hybridized carbons (Fsp3) is 0.429. The summed E-state index contributed by atoms with van der Waals surface area (Å²) < 4.78 is 12.9. The first kappa shape index (κ1) is 30.2. The summed E-state index contributed by atoms with van der Waals surface area (Å²) in [5.74, 6) is 0.432. The molecule has 0 saturated heterocycles. The van der Waals surface area contributed by atoms with Crippen LogP contribution in [0, 0.1) is 5.92 Å². The number of carbonyl (C=O) groups is 3. The molecule has 0 spiro atoms. The topological polar surface area (TPSA) is 164 Å². The number of aliphatic hydroxyl groups is 1. The van der Waals surface area contributed by atoms with E-state index >= 15 is 0 Å². The first-order chi connectivity index (χ1) is 20.2. The molecule has 0 aliphatic carbocycles. The number of nitrogens with zero attached hydrogens (tertiary/aromatic N) is 6. The lowest BCUT2D eigenvalue weighted by Crippen LogP contribution is -2.48. The van der Waals surface area contributed by atoms with Crippen molar-refractivity contribution in [2.75, 3.05) is 44.5 Å².